The molecule has 2 aromatic heterocycles. The number of nitrogens with two attached hydrogens (primary N) is 2. The molecule has 4 heterocycles. The van der Waals surface area contributed by atoms with Gasteiger partial charge < -0.3 is 31.5 Å². The number of fused-ring (bicyclic) bond motifs is 1. The van der Waals surface area contributed by atoms with Crippen LogP contribution in [0.1, 0.15) is 34.8 Å². The number of nitrogens with zero attached hydrogens (tertiary/aromatic N) is 6. The Bertz CT molecular complexity index is 2000. The van der Waals surface area contributed by atoms with Crippen LogP contribution in [0.25, 0.3) is 0 Å². The molecule has 252 valence electrons. The topological polar surface area (TPSA) is 230 Å². The predicted octanol–water partition coefficient (Wildman–Crippen LogP) is 1.17. The van der Waals surface area contributed by atoms with Gasteiger partial charge in [-0.3, -0.25) is 19.3 Å². The maximum absolute atomic E-state index is 13.3. The zero-order chi connectivity index (χ0) is 34.8. The number of ether oxygens (including phenoxy) is 1. The van der Waals surface area contributed by atoms with Crippen LogP contribution in [0, 0.1) is 0 Å². The van der Waals surface area contributed by atoms with Crippen molar-refractivity contribution >= 4 is 51.7 Å². The molecule has 0 saturated carbocycles. The molecule has 0 radical (unpaired) electrons. The lowest BCUT2D eigenvalue weighted by atomic mass is 9.99. The number of nitrogen functional groups attached to an aromatic ring is 1. The third kappa shape index (κ3) is 6.48. The molecule has 2 aromatic carbocycles. The van der Waals surface area contributed by atoms with E-state index in [1.807, 2.05) is 60.7 Å². The maximum atomic E-state index is 13.3. The first kappa shape index (κ1) is 33.3. The summed E-state index contributed by atoms with van der Waals surface area (Å²) in [6, 6.07) is 16.3. The van der Waals surface area contributed by atoms with Crippen LogP contribution in [-0.4, -0.2) is 77.5 Å². The summed E-state index contributed by atoms with van der Waals surface area (Å²) in [6.07, 6.45) is -0.667. The zero-order valence-corrected chi connectivity index (χ0v) is 27.6. The van der Waals surface area contributed by atoms with Gasteiger partial charge in [-0.25, -0.2) is 14.5 Å². The van der Waals surface area contributed by atoms with Crippen molar-refractivity contribution in [2.75, 3.05) is 18.6 Å². The number of amides is 2. The number of β-lactam (4-membered cyclic amide) rings is 1. The summed E-state index contributed by atoms with van der Waals surface area (Å²) in [5.41, 5.74) is 12.7. The third-order valence-electron chi connectivity index (χ3n) is 7.71. The minimum Gasteiger partial charge on any atom is -0.477 e. The number of thiazole rings is 1. The molecule has 4 aromatic rings. The van der Waals surface area contributed by atoms with Gasteiger partial charge in [-0.1, -0.05) is 65.8 Å². The van der Waals surface area contributed by atoms with Crippen molar-refractivity contribution in [2.45, 2.75) is 23.6 Å². The van der Waals surface area contributed by atoms with E-state index < -0.39 is 46.9 Å². The molecule has 2 aliphatic heterocycles. The number of anilines is 1. The molecule has 3 atom stereocenters. The van der Waals surface area contributed by atoms with Crippen molar-refractivity contribution in [3.05, 3.63) is 110 Å². The SMILES string of the molecule is CO/N=C(\C(=O)NC1C(=O)N2C(C(=O)O)=C(C(N)c3nc(=O)c(OC(c4ccccc4)c4ccccc4)nn3C)CS[C@H]12)c1csc(N)n1. The molecule has 18 heteroatoms. The number of hydrogen-bond acceptors (Lipinski definition) is 14. The monoisotopic (exact) mass is 703 g/mol. The number of thioether (sulfide) groups is 1. The highest BCUT2D eigenvalue weighted by molar-refractivity contribution is 8.00. The first-order chi connectivity index (χ1) is 23.6. The molecule has 49 heavy (non-hydrogen) atoms. The van der Waals surface area contributed by atoms with Crippen LogP contribution in [-0.2, 0) is 26.3 Å². The van der Waals surface area contributed by atoms with Gasteiger partial charge in [0.15, 0.2) is 16.9 Å². The molecule has 1 fully saturated rings. The van der Waals surface area contributed by atoms with Gasteiger partial charge in [-0.15, -0.1) is 28.2 Å². The fourth-order valence-corrected chi connectivity index (χ4v) is 7.38. The minimum atomic E-state index is -1.42. The van der Waals surface area contributed by atoms with Gasteiger partial charge in [0, 0.05) is 18.2 Å². The molecule has 0 aliphatic carbocycles. The van der Waals surface area contributed by atoms with E-state index in [0.29, 0.717) is 0 Å². The standard InChI is InChI=1S/C31H29N9O7S2/c1-39-24(36-26(42)27(37-39)47-23(15-9-5-3-6-10-15)16-11-7-4-8-12-16)19(32)17-13-48-29-21(28(43)40(29)22(17)30(44)45)35-25(41)20(38-46-2)18-14-49-31(33)34-18/h3-12,14,19,21,23,29H,13,32H2,1-2H3,(H2,33,34)(H,35,41)(H,44,45)/b38-20-/t19?,21?,29-/m1/s1. The van der Waals surface area contributed by atoms with E-state index in [-0.39, 0.29) is 45.3 Å². The number of nitrogens with one attached hydrogen (secondary N) is 1. The molecule has 0 spiro atoms. The van der Waals surface area contributed by atoms with Gasteiger partial charge in [-0.05, 0) is 16.7 Å². The number of carbonyl (C=O) groups is 3. The summed E-state index contributed by atoms with van der Waals surface area (Å²) in [5.74, 6) is -3.14. The van der Waals surface area contributed by atoms with Crippen molar-refractivity contribution in [1.29, 1.82) is 0 Å². The number of rotatable bonds is 11. The van der Waals surface area contributed by atoms with Crippen LogP contribution in [0.15, 0.2) is 87.3 Å². The van der Waals surface area contributed by atoms with Crippen molar-refractivity contribution in [3.8, 4) is 5.88 Å². The van der Waals surface area contributed by atoms with Crippen LogP contribution in [0.5, 0.6) is 5.88 Å². The van der Waals surface area contributed by atoms with E-state index in [4.69, 9.17) is 21.0 Å². The van der Waals surface area contributed by atoms with E-state index in [9.17, 15) is 24.3 Å². The number of aromatic nitrogens is 4. The smallest absolute Gasteiger partial charge is 0.352 e. The van der Waals surface area contributed by atoms with E-state index in [2.05, 4.69) is 25.5 Å². The second kappa shape index (κ2) is 13.9. The molecular formula is C31H29N9O7S2. The van der Waals surface area contributed by atoms with Crippen LogP contribution < -0.4 is 27.1 Å². The molecule has 16 nitrogen and oxygen atoms in total. The first-order valence-electron chi connectivity index (χ1n) is 14.6. The average Bonchev–Trinajstić information content (AvgIpc) is 3.54. The van der Waals surface area contributed by atoms with Gasteiger partial charge in [0.25, 0.3) is 11.8 Å². The van der Waals surface area contributed by atoms with Crippen molar-refractivity contribution in [3.63, 3.8) is 0 Å². The third-order valence-corrected chi connectivity index (χ3v) is 9.68. The quantitative estimate of drug-likeness (QED) is 0.0978. The Labute approximate surface area is 286 Å². The lowest BCUT2D eigenvalue weighted by molar-refractivity contribution is -0.150. The van der Waals surface area contributed by atoms with Gasteiger partial charge in [0.2, 0.25) is 0 Å². The highest BCUT2D eigenvalue weighted by Gasteiger charge is 2.55. The first-order valence-corrected chi connectivity index (χ1v) is 16.5. The summed E-state index contributed by atoms with van der Waals surface area (Å²) in [6.45, 7) is 0. The summed E-state index contributed by atoms with van der Waals surface area (Å²) in [5, 5.41) is 21.8. The van der Waals surface area contributed by atoms with Crippen LogP contribution in [0.3, 0.4) is 0 Å². The van der Waals surface area contributed by atoms with E-state index >= 15 is 0 Å². The molecule has 2 amide bonds. The largest absolute Gasteiger partial charge is 0.477 e. The Morgan fingerprint density at radius 2 is 1.73 bits per heavy atom. The van der Waals surface area contributed by atoms with Crippen molar-refractivity contribution < 1.29 is 29.1 Å². The molecule has 2 unspecified atom stereocenters. The Morgan fingerprint density at radius 3 is 2.31 bits per heavy atom. The Morgan fingerprint density at radius 1 is 1.08 bits per heavy atom. The fraction of sp³-hybridized carbons (Fsp3) is 0.226. The normalized spacial score (nSPS) is 18.1. The molecule has 1 saturated heterocycles. The zero-order valence-electron chi connectivity index (χ0n) is 25.9. The molecular weight excluding hydrogens is 675 g/mol. The van der Waals surface area contributed by atoms with Gasteiger partial charge in [-0.2, -0.15) is 4.98 Å². The lowest BCUT2D eigenvalue weighted by Crippen LogP contribution is -2.71. The summed E-state index contributed by atoms with van der Waals surface area (Å²) >= 11 is 2.28. The summed E-state index contributed by atoms with van der Waals surface area (Å²) in [7, 11) is 2.75. The molecule has 6 N–H and O–H groups in total. The number of oxime groups is 1. The number of carboxylic acids is 1. The molecule has 6 rings (SSSR count). The van der Waals surface area contributed by atoms with Crippen LogP contribution in [0.4, 0.5) is 5.13 Å². The van der Waals surface area contributed by atoms with Crippen LogP contribution in [0.2, 0.25) is 0 Å². The Hall–Kier alpha value is -5.59. The highest BCUT2D eigenvalue weighted by Crippen LogP contribution is 2.43. The van der Waals surface area contributed by atoms with Crippen LogP contribution >= 0.6 is 23.1 Å². The number of hydrogen-bond donors (Lipinski definition) is 4. The second-order valence-corrected chi connectivity index (χ2v) is 12.7. The Kier molecular flexibility index (Phi) is 9.43. The van der Waals surface area contributed by atoms with Gasteiger partial charge >= 0.3 is 17.4 Å². The number of carbonyl (C=O) groups excluding carboxylic acids is 2. The van der Waals surface area contributed by atoms with Crippen molar-refractivity contribution in [1.82, 2.24) is 30.0 Å². The highest BCUT2D eigenvalue weighted by atomic mass is 32.2. The fourth-order valence-electron chi connectivity index (χ4n) is 5.43. The van der Waals surface area contributed by atoms with E-state index in [1.165, 1.54) is 36.0 Å². The summed E-state index contributed by atoms with van der Waals surface area (Å²) < 4.78 is 7.38. The average molecular weight is 704 g/mol. The minimum absolute atomic E-state index is 0.0399. The molecule has 0 bridgehead atoms. The molecule has 2 aliphatic rings. The second-order valence-electron chi connectivity index (χ2n) is 10.7. The predicted molar refractivity (Wildman–Crippen MR) is 179 cm³/mol. The number of aliphatic carboxylic acids is 1. The summed E-state index contributed by atoms with van der Waals surface area (Å²) in [4.78, 5) is 66.3. The number of carboxylic acid groups (broad SMARTS) is 1. The lowest BCUT2D eigenvalue weighted by Gasteiger charge is -2.49. The van der Waals surface area contributed by atoms with Gasteiger partial charge in [0.1, 0.15) is 35.7 Å². The van der Waals surface area contributed by atoms with Gasteiger partial charge in [0.05, 0.1) is 6.04 Å². The number of benzene rings is 2. The Balaban J connectivity index is 1.25. The van der Waals surface area contributed by atoms with Crippen molar-refractivity contribution in [2.24, 2.45) is 17.9 Å². The van der Waals surface area contributed by atoms with E-state index in [0.717, 1.165) is 27.4 Å². The maximum Gasteiger partial charge on any atom is 0.352 e. The van der Waals surface area contributed by atoms with E-state index in [1.54, 1.807) is 0 Å². The number of aryl methyl sites for hydroxylation is 1.